The molecule has 0 fully saturated rings. The third-order valence-corrected chi connectivity index (χ3v) is 2.99. The fourth-order valence-corrected chi connectivity index (χ4v) is 1.44. The molecule has 12 heavy (non-hydrogen) atoms. The molecule has 1 aromatic carbocycles. The molecule has 0 aliphatic heterocycles. The average Bonchev–Trinajstić information content (AvgIpc) is 2.09. The molecule has 64 valence electrons. The first-order valence-electron chi connectivity index (χ1n) is 3.53. The molecule has 1 aromatic rings. The Kier molecular flexibility index (Phi) is 4.06. The van der Waals surface area contributed by atoms with Gasteiger partial charge in [-0.1, -0.05) is 36.0 Å². The van der Waals surface area contributed by atoms with E-state index >= 15 is 0 Å². The quantitative estimate of drug-likeness (QED) is 0.694. The van der Waals surface area contributed by atoms with Crippen LogP contribution in [0.1, 0.15) is 5.56 Å². The first-order valence-corrected chi connectivity index (χ1v) is 5.54. The lowest BCUT2D eigenvalue weighted by Gasteiger charge is -1.99. The lowest BCUT2D eigenvalue weighted by Crippen LogP contribution is -1.92. The van der Waals surface area contributed by atoms with Crippen LogP contribution < -0.4 is 0 Å². The summed E-state index contributed by atoms with van der Waals surface area (Å²) in [6.45, 7) is 0. The van der Waals surface area contributed by atoms with Gasteiger partial charge in [0.15, 0.2) is 0 Å². The molecule has 0 aliphatic carbocycles. The highest BCUT2D eigenvalue weighted by molar-refractivity contribution is 8.22. The molecule has 0 heterocycles. The van der Waals surface area contributed by atoms with E-state index < -0.39 is 0 Å². The van der Waals surface area contributed by atoms with Crippen LogP contribution in [-0.4, -0.2) is 10.5 Å². The van der Waals surface area contributed by atoms with E-state index in [4.69, 9.17) is 23.8 Å². The van der Waals surface area contributed by atoms with Crippen molar-refractivity contribution in [3.63, 3.8) is 0 Å². The number of thioether (sulfide) groups is 1. The minimum Gasteiger partial charge on any atom is -0.122 e. The number of benzene rings is 1. The number of hydrogen-bond acceptors (Lipinski definition) is 2. The molecular weight excluding hydrogens is 208 g/mol. The van der Waals surface area contributed by atoms with E-state index in [9.17, 15) is 0 Å². The van der Waals surface area contributed by atoms with E-state index in [0.29, 0.717) is 0 Å². The lowest BCUT2D eigenvalue weighted by molar-refractivity contribution is 1.37. The van der Waals surface area contributed by atoms with Crippen molar-refractivity contribution in [2.24, 2.45) is 0 Å². The molecule has 1 rings (SSSR count). The van der Waals surface area contributed by atoms with Gasteiger partial charge in [-0.2, -0.15) is 0 Å². The molecule has 0 saturated carbocycles. The summed E-state index contributed by atoms with van der Waals surface area (Å²) in [7, 11) is 0. The van der Waals surface area contributed by atoms with Gasteiger partial charge in [0.05, 0.1) is 4.20 Å². The topological polar surface area (TPSA) is 0 Å². The summed E-state index contributed by atoms with van der Waals surface area (Å²) in [4.78, 5) is 0. The number of halogens is 1. The van der Waals surface area contributed by atoms with Crippen molar-refractivity contribution >= 4 is 39.8 Å². The maximum atomic E-state index is 5.74. The van der Waals surface area contributed by atoms with Crippen LogP contribution in [0.3, 0.4) is 0 Å². The largest absolute Gasteiger partial charge is 0.122 e. The van der Waals surface area contributed by atoms with Crippen molar-refractivity contribution in [3.05, 3.63) is 34.9 Å². The molecule has 0 aliphatic rings. The first-order chi connectivity index (χ1) is 5.72. The monoisotopic (exact) mass is 216 g/mol. The minimum atomic E-state index is 0.772. The van der Waals surface area contributed by atoms with E-state index in [1.165, 1.54) is 5.56 Å². The van der Waals surface area contributed by atoms with Gasteiger partial charge in [-0.3, -0.25) is 0 Å². The molecule has 0 saturated heterocycles. The van der Waals surface area contributed by atoms with Crippen LogP contribution in [0.2, 0.25) is 5.02 Å². The molecule has 0 spiro atoms. The summed E-state index contributed by atoms with van der Waals surface area (Å²) in [6, 6.07) is 7.79. The van der Waals surface area contributed by atoms with Gasteiger partial charge in [-0.05, 0) is 24.0 Å². The lowest BCUT2D eigenvalue weighted by atomic mass is 10.2. The minimum absolute atomic E-state index is 0.772. The number of thiocarbonyl (C=S) groups is 1. The third-order valence-electron chi connectivity index (χ3n) is 1.49. The molecule has 0 unspecified atom stereocenters. The van der Waals surface area contributed by atoms with E-state index in [-0.39, 0.29) is 0 Å². The SMILES string of the molecule is CSC(=S)Cc1ccc(Cl)cc1. The van der Waals surface area contributed by atoms with Crippen LogP contribution in [-0.2, 0) is 6.42 Å². The Morgan fingerprint density at radius 1 is 1.42 bits per heavy atom. The molecule has 0 amide bonds. The first kappa shape index (κ1) is 10.0. The summed E-state index contributed by atoms with van der Waals surface area (Å²) in [5.41, 5.74) is 1.22. The Morgan fingerprint density at radius 3 is 2.50 bits per heavy atom. The fraction of sp³-hybridized carbons (Fsp3) is 0.222. The Balaban J connectivity index is 2.64. The van der Waals surface area contributed by atoms with Crippen molar-refractivity contribution in [1.29, 1.82) is 0 Å². The van der Waals surface area contributed by atoms with Crippen molar-refractivity contribution in [2.45, 2.75) is 6.42 Å². The van der Waals surface area contributed by atoms with E-state index in [2.05, 4.69) is 0 Å². The fourth-order valence-electron chi connectivity index (χ4n) is 0.841. The molecule has 0 N–H and O–H groups in total. The normalized spacial score (nSPS) is 9.83. The van der Waals surface area contributed by atoms with Crippen molar-refractivity contribution < 1.29 is 0 Å². The summed E-state index contributed by atoms with van der Waals surface area (Å²) in [6.07, 6.45) is 2.85. The Morgan fingerprint density at radius 2 is 2.00 bits per heavy atom. The predicted octanol–water partition coefficient (Wildman–Crippen LogP) is 3.57. The maximum Gasteiger partial charge on any atom is 0.0519 e. The van der Waals surface area contributed by atoms with Gasteiger partial charge in [0.1, 0.15) is 0 Å². The van der Waals surface area contributed by atoms with Gasteiger partial charge >= 0.3 is 0 Å². The maximum absolute atomic E-state index is 5.74. The molecule has 0 atom stereocenters. The van der Waals surface area contributed by atoms with Crippen LogP contribution in [0.4, 0.5) is 0 Å². The number of hydrogen-bond donors (Lipinski definition) is 0. The number of rotatable bonds is 2. The molecule has 0 nitrogen and oxygen atoms in total. The van der Waals surface area contributed by atoms with Gasteiger partial charge < -0.3 is 0 Å². The third kappa shape index (κ3) is 3.13. The van der Waals surface area contributed by atoms with Gasteiger partial charge in [0, 0.05) is 11.4 Å². The average molecular weight is 217 g/mol. The predicted molar refractivity (Wildman–Crippen MR) is 61.3 cm³/mol. The highest BCUT2D eigenvalue weighted by Gasteiger charge is 1.96. The second-order valence-corrected chi connectivity index (χ2v) is 4.47. The van der Waals surface area contributed by atoms with Crippen LogP contribution in [0.25, 0.3) is 0 Å². The van der Waals surface area contributed by atoms with E-state index in [0.717, 1.165) is 15.6 Å². The second-order valence-electron chi connectivity index (χ2n) is 2.38. The van der Waals surface area contributed by atoms with E-state index in [1.54, 1.807) is 11.8 Å². The molecule has 0 bridgehead atoms. The standard InChI is InChI=1S/C9H9ClS2/c1-12-9(11)6-7-2-4-8(10)5-3-7/h2-5H,6H2,1H3. The van der Waals surface area contributed by atoms with Crippen LogP contribution >= 0.6 is 35.6 Å². The smallest absolute Gasteiger partial charge is 0.0519 e. The van der Waals surface area contributed by atoms with Crippen LogP contribution in [0, 0.1) is 0 Å². The van der Waals surface area contributed by atoms with Gasteiger partial charge in [-0.25, -0.2) is 0 Å². The highest BCUT2D eigenvalue weighted by atomic mass is 35.5. The second kappa shape index (κ2) is 4.85. The summed E-state index contributed by atoms with van der Waals surface area (Å²) >= 11 is 12.5. The Bertz CT molecular complexity index is 266. The van der Waals surface area contributed by atoms with Crippen LogP contribution in [0.5, 0.6) is 0 Å². The van der Waals surface area contributed by atoms with Gasteiger partial charge in [0.25, 0.3) is 0 Å². The summed E-state index contributed by atoms with van der Waals surface area (Å²) in [5.74, 6) is 0. The zero-order valence-electron chi connectivity index (χ0n) is 6.71. The summed E-state index contributed by atoms with van der Waals surface area (Å²) in [5, 5.41) is 0.772. The zero-order chi connectivity index (χ0) is 8.97. The molecule has 3 heteroatoms. The molecule has 0 aromatic heterocycles. The molecule has 0 radical (unpaired) electrons. The van der Waals surface area contributed by atoms with Crippen LogP contribution in [0.15, 0.2) is 24.3 Å². The van der Waals surface area contributed by atoms with Crippen molar-refractivity contribution in [2.75, 3.05) is 6.26 Å². The van der Waals surface area contributed by atoms with Gasteiger partial charge in [0.2, 0.25) is 0 Å². The Hall–Kier alpha value is -0.0500. The Labute approximate surface area is 87.3 Å². The highest BCUT2D eigenvalue weighted by Crippen LogP contribution is 2.12. The van der Waals surface area contributed by atoms with E-state index in [1.807, 2.05) is 30.5 Å². The van der Waals surface area contributed by atoms with Crippen molar-refractivity contribution in [3.8, 4) is 0 Å². The summed E-state index contributed by atoms with van der Waals surface area (Å²) < 4.78 is 1.01. The van der Waals surface area contributed by atoms with Crippen molar-refractivity contribution in [1.82, 2.24) is 0 Å². The zero-order valence-corrected chi connectivity index (χ0v) is 9.10. The molecular formula is C9H9ClS2. The van der Waals surface area contributed by atoms with Gasteiger partial charge in [-0.15, -0.1) is 11.8 Å².